The molecule has 7 heteroatoms. The predicted octanol–water partition coefficient (Wildman–Crippen LogP) is 0.616. The van der Waals surface area contributed by atoms with Crippen molar-refractivity contribution < 1.29 is 19.5 Å². The van der Waals surface area contributed by atoms with Gasteiger partial charge in [0, 0.05) is 29.1 Å². The second kappa shape index (κ2) is 6.08. The maximum atomic E-state index is 12.2. The highest BCUT2D eigenvalue weighted by Gasteiger charge is 2.22. The van der Waals surface area contributed by atoms with Crippen LogP contribution in [0.15, 0.2) is 30.5 Å². The highest BCUT2D eigenvalue weighted by molar-refractivity contribution is 6.07. The Hall–Kier alpha value is -2.83. The first-order chi connectivity index (χ1) is 9.99. The van der Waals surface area contributed by atoms with E-state index in [1.807, 2.05) is 6.07 Å². The number of carboxylic acids is 1. The Kier molecular flexibility index (Phi) is 4.22. The van der Waals surface area contributed by atoms with Crippen molar-refractivity contribution in [3.63, 3.8) is 0 Å². The van der Waals surface area contributed by atoms with Gasteiger partial charge < -0.3 is 21.1 Å². The number of nitrogens with two attached hydrogens (primary N) is 1. The molecule has 0 fully saturated rings. The van der Waals surface area contributed by atoms with Crippen LogP contribution in [0.1, 0.15) is 23.2 Å². The van der Waals surface area contributed by atoms with E-state index < -0.39 is 23.8 Å². The number of carbonyl (C=O) groups is 3. The van der Waals surface area contributed by atoms with E-state index in [2.05, 4.69) is 10.3 Å². The van der Waals surface area contributed by atoms with E-state index in [-0.39, 0.29) is 12.8 Å². The summed E-state index contributed by atoms with van der Waals surface area (Å²) in [5.41, 5.74) is 6.15. The van der Waals surface area contributed by atoms with E-state index in [1.54, 1.807) is 24.4 Å². The lowest BCUT2D eigenvalue weighted by molar-refractivity contribution is -0.139. The Labute approximate surface area is 120 Å². The summed E-state index contributed by atoms with van der Waals surface area (Å²) in [6.45, 7) is 0. The lowest BCUT2D eigenvalue weighted by atomic mass is 10.1. The second-order valence-electron chi connectivity index (χ2n) is 4.61. The number of carbonyl (C=O) groups excluding carboxylic acids is 2. The molecule has 0 radical (unpaired) electrons. The fraction of sp³-hybridized carbons (Fsp3) is 0.214. The van der Waals surface area contributed by atoms with Crippen LogP contribution in [0, 0.1) is 0 Å². The van der Waals surface area contributed by atoms with Crippen molar-refractivity contribution in [2.75, 3.05) is 0 Å². The fourth-order valence-corrected chi connectivity index (χ4v) is 2.06. The molecule has 7 nitrogen and oxygen atoms in total. The number of amides is 2. The number of H-pyrrole nitrogens is 1. The first-order valence-electron chi connectivity index (χ1n) is 6.37. The first-order valence-corrected chi connectivity index (χ1v) is 6.37. The average molecular weight is 289 g/mol. The summed E-state index contributed by atoms with van der Waals surface area (Å²) in [4.78, 5) is 37.0. The van der Waals surface area contributed by atoms with Crippen LogP contribution < -0.4 is 11.1 Å². The number of rotatable bonds is 6. The van der Waals surface area contributed by atoms with E-state index in [4.69, 9.17) is 10.8 Å². The van der Waals surface area contributed by atoms with Crippen molar-refractivity contribution in [2.45, 2.75) is 18.9 Å². The molecule has 21 heavy (non-hydrogen) atoms. The van der Waals surface area contributed by atoms with Crippen LogP contribution in [0.3, 0.4) is 0 Å². The molecule has 0 saturated carbocycles. The number of hydrogen-bond acceptors (Lipinski definition) is 3. The van der Waals surface area contributed by atoms with Crippen LogP contribution in [-0.2, 0) is 9.59 Å². The highest BCUT2D eigenvalue weighted by atomic mass is 16.4. The van der Waals surface area contributed by atoms with E-state index in [1.165, 1.54) is 0 Å². The van der Waals surface area contributed by atoms with Gasteiger partial charge in [-0.25, -0.2) is 4.79 Å². The number of aromatic nitrogens is 1. The van der Waals surface area contributed by atoms with Gasteiger partial charge in [0.2, 0.25) is 5.91 Å². The standard InChI is InChI=1S/C14H15N3O4/c15-12(18)5-4-11(14(20)21)17-13(19)9-2-1-3-10-8(9)6-7-16-10/h1-3,6-7,11,16H,4-5H2,(H2,15,18)(H,17,19)(H,20,21)/t11-/m1/s1. The summed E-state index contributed by atoms with van der Waals surface area (Å²) in [5.74, 6) is -2.31. The quantitative estimate of drug-likeness (QED) is 0.621. The van der Waals surface area contributed by atoms with Gasteiger partial charge in [-0.05, 0) is 24.6 Å². The summed E-state index contributed by atoms with van der Waals surface area (Å²) in [5, 5.41) is 12.2. The molecule has 0 aliphatic heterocycles. The van der Waals surface area contributed by atoms with Crippen molar-refractivity contribution >= 4 is 28.7 Å². The second-order valence-corrected chi connectivity index (χ2v) is 4.61. The number of carboxylic acid groups (broad SMARTS) is 1. The number of nitrogens with one attached hydrogen (secondary N) is 2. The summed E-state index contributed by atoms with van der Waals surface area (Å²) in [6, 6.07) is 5.71. The van der Waals surface area contributed by atoms with Gasteiger partial charge in [-0.2, -0.15) is 0 Å². The first kappa shape index (κ1) is 14.6. The van der Waals surface area contributed by atoms with Gasteiger partial charge in [0.25, 0.3) is 5.91 Å². The van der Waals surface area contributed by atoms with Crippen LogP contribution in [0.2, 0.25) is 0 Å². The number of aliphatic carboxylic acids is 1. The lowest BCUT2D eigenvalue weighted by Gasteiger charge is -2.14. The molecular weight excluding hydrogens is 274 g/mol. The van der Waals surface area contributed by atoms with Crippen molar-refractivity contribution in [1.29, 1.82) is 0 Å². The average Bonchev–Trinajstić information content (AvgIpc) is 2.90. The van der Waals surface area contributed by atoms with E-state index in [0.717, 1.165) is 5.52 Å². The summed E-state index contributed by atoms with van der Waals surface area (Å²) in [6.07, 6.45) is 1.55. The van der Waals surface area contributed by atoms with Gasteiger partial charge >= 0.3 is 5.97 Å². The van der Waals surface area contributed by atoms with Crippen LogP contribution in [0.25, 0.3) is 10.9 Å². The van der Waals surface area contributed by atoms with E-state index in [9.17, 15) is 14.4 Å². The zero-order chi connectivity index (χ0) is 15.4. The third-order valence-corrected chi connectivity index (χ3v) is 3.12. The molecule has 0 aliphatic rings. The molecule has 1 aromatic heterocycles. The molecule has 2 amide bonds. The van der Waals surface area contributed by atoms with Gasteiger partial charge in [-0.1, -0.05) is 6.07 Å². The van der Waals surface area contributed by atoms with Gasteiger partial charge in [0.05, 0.1) is 0 Å². The van der Waals surface area contributed by atoms with Crippen molar-refractivity contribution in [3.05, 3.63) is 36.0 Å². The van der Waals surface area contributed by atoms with Gasteiger partial charge in [-0.3, -0.25) is 9.59 Å². The molecular formula is C14H15N3O4. The van der Waals surface area contributed by atoms with Crippen molar-refractivity contribution in [2.24, 2.45) is 5.73 Å². The van der Waals surface area contributed by atoms with Crippen LogP contribution in [0.5, 0.6) is 0 Å². The lowest BCUT2D eigenvalue weighted by Crippen LogP contribution is -2.41. The summed E-state index contributed by atoms with van der Waals surface area (Å²) in [7, 11) is 0. The van der Waals surface area contributed by atoms with E-state index in [0.29, 0.717) is 10.9 Å². The minimum Gasteiger partial charge on any atom is -0.480 e. The van der Waals surface area contributed by atoms with Crippen molar-refractivity contribution in [3.8, 4) is 0 Å². The van der Waals surface area contributed by atoms with Crippen LogP contribution >= 0.6 is 0 Å². The molecule has 5 N–H and O–H groups in total. The zero-order valence-corrected chi connectivity index (χ0v) is 11.1. The number of benzene rings is 1. The van der Waals surface area contributed by atoms with E-state index >= 15 is 0 Å². The topological polar surface area (TPSA) is 125 Å². The zero-order valence-electron chi connectivity index (χ0n) is 11.1. The Morgan fingerprint density at radius 1 is 1.29 bits per heavy atom. The minimum absolute atomic E-state index is 0.0421. The third kappa shape index (κ3) is 3.38. The molecule has 0 aliphatic carbocycles. The normalized spacial score (nSPS) is 12.0. The smallest absolute Gasteiger partial charge is 0.326 e. The molecule has 1 aromatic carbocycles. The molecule has 0 bridgehead atoms. The van der Waals surface area contributed by atoms with Gasteiger partial charge in [0.1, 0.15) is 6.04 Å². The summed E-state index contributed by atoms with van der Waals surface area (Å²) >= 11 is 0. The van der Waals surface area contributed by atoms with Crippen LogP contribution in [-0.4, -0.2) is 33.9 Å². The molecule has 1 heterocycles. The molecule has 0 saturated heterocycles. The Morgan fingerprint density at radius 2 is 2.05 bits per heavy atom. The number of fused-ring (bicyclic) bond motifs is 1. The Morgan fingerprint density at radius 3 is 2.71 bits per heavy atom. The summed E-state index contributed by atoms with van der Waals surface area (Å²) < 4.78 is 0. The van der Waals surface area contributed by atoms with Crippen LogP contribution in [0.4, 0.5) is 0 Å². The Bertz CT molecular complexity index is 692. The fourth-order valence-electron chi connectivity index (χ4n) is 2.06. The van der Waals surface area contributed by atoms with Gasteiger partial charge in [-0.15, -0.1) is 0 Å². The monoisotopic (exact) mass is 289 g/mol. The minimum atomic E-state index is -1.20. The van der Waals surface area contributed by atoms with Gasteiger partial charge in [0.15, 0.2) is 0 Å². The molecule has 1 atom stereocenters. The number of aromatic amines is 1. The third-order valence-electron chi connectivity index (χ3n) is 3.12. The molecule has 0 spiro atoms. The molecule has 110 valence electrons. The highest BCUT2D eigenvalue weighted by Crippen LogP contribution is 2.17. The molecule has 2 aromatic rings. The SMILES string of the molecule is NC(=O)CC[C@@H](NC(=O)c1cccc2[nH]ccc12)C(=O)O. The maximum Gasteiger partial charge on any atom is 0.326 e. The van der Waals surface area contributed by atoms with Crippen molar-refractivity contribution in [1.82, 2.24) is 10.3 Å². The number of primary amides is 1. The largest absolute Gasteiger partial charge is 0.480 e. The predicted molar refractivity (Wildman–Crippen MR) is 75.6 cm³/mol. The number of hydrogen-bond donors (Lipinski definition) is 4. The Balaban J connectivity index is 2.17. The maximum absolute atomic E-state index is 12.2. The molecule has 2 rings (SSSR count). The molecule has 0 unspecified atom stereocenters.